The van der Waals surface area contributed by atoms with Crippen LogP contribution in [0.2, 0.25) is 0 Å². The Morgan fingerprint density at radius 2 is 1.65 bits per heavy atom. The van der Waals surface area contributed by atoms with Crippen LogP contribution in [0, 0.1) is 0 Å². The van der Waals surface area contributed by atoms with E-state index in [-0.39, 0.29) is 24.2 Å². The zero-order valence-corrected chi connectivity index (χ0v) is 25.0. The van der Waals surface area contributed by atoms with Gasteiger partial charge < -0.3 is 20.7 Å². The molecule has 4 rings (SSSR count). The number of ether oxygens (including phenoxy) is 1. The first kappa shape index (κ1) is 31.2. The van der Waals surface area contributed by atoms with E-state index in [4.69, 9.17) is 4.74 Å². The molecule has 0 saturated heterocycles. The zero-order valence-electron chi connectivity index (χ0n) is 24.2. The quantitative estimate of drug-likeness (QED) is 0.170. The summed E-state index contributed by atoms with van der Waals surface area (Å²) in [6.45, 7) is 4.23. The van der Waals surface area contributed by atoms with Gasteiger partial charge in [0, 0.05) is 13.0 Å². The molecule has 224 valence electrons. The van der Waals surface area contributed by atoms with Crippen molar-refractivity contribution in [1.82, 2.24) is 25.7 Å². The highest BCUT2D eigenvalue weighted by atomic mass is 32.1. The number of alkyl carbamates (subject to hydrolysis) is 1. The van der Waals surface area contributed by atoms with Crippen LogP contribution in [0.15, 0.2) is 66.7 Å². The molecule has 3 N–H and O–H groups in total. The lowest BCUT2D eigenvalue weighted by molar-refractivity contribution is -0.117. The average Bonchev–Trinajstić information content (AvgIpc) is 3.46. The number of carbonyl (C=O) groups excluding carboxylic acids is 3. The first-order valence-electron chi connectivity index (χ1n) is 14.2. The summed E-state index contributed by atoms with van der Waals surface area (Å²) in [7, 11) is 0. The molecule has 0 aliphatic carbocycles. The number of hydrogen-bond donors (Lipinski definition) is 3. The molecule has 2 aromatic heterocycles. The molecule has 43 heavy (non-hydrogen) atoms. The van der Waals surface area contributed by atoms with Gasteiger partial charge in [-0.25, -0.2) is 4.79 Å². The summed E-state index contributed by atoms with van der Waals surface area (Å²) >= 11 is 1.39. The van der Waals surface area contributed by atoms with E-state index >= 15 is 0 Å². The molecular weight excluding hydrogens is 566 g/mol. The molecule has 0 spiro atoms. The van der Waals surface area contributed by atoms with E-state index in [1.54, 1.807) is 13.0 Å². The van der Waals surface area contributed by atoms with Crippen LogP contribution in [0.1, 0.15) is 60.0 Å². The number of hydrogen-bond acceptors (Lipinski definition) is 9. The Morgan fingerprint density at radius 1 is 0.860 bits per heavy atom. The normalized spacial score (nSPS) is 11.4. The van der Waals surface area contributed by atoms with E-state index in [1.165, 1.54) is 11.3 Å². The lowest BCUT2D eigenvalue weighted by Crippen LogP contribution is -2.23. The lowest BCUT2D eigenvalue weighted by atomic mass is 10.0. The molecule has 11 nitrogen and oxygen atoms in total. The number of aromatic nitrogens is 4. The van der Waals surface area contributed by atoms with E-state index in [0.717, 1.165) is 53.1 Å². The molecule has 0 aliphatic rings. The maximum absolute atomic E-state index is 12.6. The number of rotatable bonds is 14. The molecule has 1 unspecified atom stereocenters. The summed E-state index contributed by atoms with van der Waals surface area (Å²) < 4.78 is 4.86. The van der Waals surface area contributed by atoms with Gasteiger partial charge >= 0.3 is 6.09 Å². The van der Waals surface area contributed by atoms with Crippen LogP contribution >= 0.6 is 11.3 Å². The molecule has 3 amide bonds. The highest BCUT2D eigenvalue weighted by Crippen LogP contribution is 2.21. The topological polar surface area (TPSA) is 148 Å². The minimum atomic E-state index is -0.477. The molecule has 2 aromatic carbocycles. The SMILES string of the molecule is CCOC(=O)NCc1cccc(CC(=O)Nc2ccc(CCCCc3nnc(NC(=O)C(C)c4ccccc4)s3)nn2)c1. The van der Waals surface area contributed by atoms with Crippen molar-refractivity contribution in [1.29, 1.82) is 0 Å². The molecule has 0 radical (unpaired) electrons. The number of nitrogens with one attached hydrogen (secondary N) is 3. The zero-order chi connectivity index (χ0) is 30.4. The van der Waals surface area contributed by atoms with Crippen molar-refractivity contribution in [3.05, 3.63) is 94.1 Å². The van der Waals surface area contributed by atoms with Gasteiger partial charge in [-0.2, -0.15) is 5.10 Å². The molecule has 0 fully saturated rings. The predicted molar refractivity (Wildman–Crippen MR) is 165 cm³/mol. The Balaban J connectivity index is 1.15. The van der Waals surface area contributed by atoms with Crippen molar-refractivity contribution >= 4 is 40.2 Å². The summed E-state index contributed by atoms with van der Waals surface area (Å²) in [5, 5.41) is 26.4. The van der Waals surface area contributed by atoms with Crippen LogP contribution < -0.4 is 16.0 Å². The first-order valence-corrected chi connectivity index (χ1v) is 15.0. The van der Waals surface area contributed by atoms with Crippen LogP contribution in [-0.2, 0) is 40.1 Å². The summed E-state index contributed by atoms with van der Waals surface area (Å²) in [5.41, 5.74) is 3.47. The number of carbonyl (C=O) groups is 3. The number of benzene rings is 2. The first-order chi connectivity index (χ1) is 20.9. The van der Waals surface area contributed by atoms with Gasteiger partial charge in [-0.15, -0.1) is 15.3 Å². The number of unbranched alkanes of at least 4 members (excludes halogenated alkanes) is 1. The average molecular weight is 602 g/mol. The third kappa shape index (κ3) is 10.3. The molecule has 4 aromatic rings. The largest absolute Gasteiger partial charge is 0.450 e. The molecule has 0 aliphatic heterocycles. The fourth-order valence-electron chi connectivity index (χ4n) is 4.23. The van der Waals surface area contributed by atoms with Crippen molar-refractivity contribution in [2.75, 3.05) is 17.2 Å². The Bertz CT molecular complexity index is 1500. The van der Waals surface area contributed by atoms with E-state index in [1.807, 2.05) is 67.6 Å². The van der Waals surface area contributed by atoms with Gasteiger partial charge in [0.2, 0.25) is 16.9 Å². The second-order valence-corrected chi connectivity index (χ2v) is 10.9. The fraction of sp³-hybridized carbons (Fsp3) is 0.323. The second-order valence-electron chi connectivity index (χ2n) is 9.86. The maximum atomic E-state index is 12.6. The molecular formula is C31H35N7O4S. The summed E-state index contributed by atoms with van der Waals surface area (Å²) in [5.74, 6) is -0.209. The van der Waals surface area contributed by atoms with E-state index < -0.39 is 6.09 Å². The number of amides is 3. The van der Waals surface area contributed by atoms with Gasteiger partial charge in [-0.1, -0.05) is 65.9 Å². The molecule has 2 heterocycles. The molecule has 1 atom stereocenters. The van der Waals surface area contributed by atoms with Crippen LogP contribution in [0.4, 0.5) is 15.7 Å². The summed E-state index contributed by atoms with van der Waals surface area (Å²) in [6.07, 6.45) is 2.95. The van der Waals surface area contributed by atoms with Gasteiger partial charge in [0.05, 0.1) is 24.6 Å². The van der Waals surface area contributed by atoms with Gasteiger partial charge in [-0.05, 0) is 61.9 Å². The van der Waals surface area contributed by atoms with Crippen molar-refractivity contribution in [3.8, 4) is 0 Å². The van der Waals surface area contributed by atoms with Crippen LogP contribution in [0.3, 0.4) is 0 Å². The third-order valence-electron chi connectivity index (χ3n) is 6.52. The molecule has 12 heteroatoms. The smallest absolute Gasteiger partial charge is 0.407 e. The van der Waals surface area contributed by atoms with Crippen molar-refractivity contribution in [2.45, 2.75) is 58.4 Å². The number of aryl methyl sites for hydroxylation is 2. The third-order valence-corrected chi connectivity index (χ3v) is 7.42. The second kappa shape index (κ2) is 16.1. The van der Waals surface area contributed by atoms with Crippen molar-refractivity contribution in [2.24, 2.45) is 0 Å². The number of nitrogens with zero attached hydrogens (tertiary/aromatic N) is 4. The monoisotopic (exact) mass is 601 g/mol. The van der Waals surface area contributed by atoms with Crippen molar-refractivity contribution < 1.29 is 19.1 Å². The Morgan fingerprint density at radius 3 is 2.42 bits per heavy atom. The van der Waals surface area contributed by atoms with E-state index in [0.29, 0.717) is 24.1 Å². The molecule has 0 bridgehead atoms. The summed E-state index contributed by atoms with van der Waals surface area (Å²) in [4.78, 5) is 36.6. The Hall–Kier alpha value is -4.71. The number of anilines is 2. The highest BCUT2D eigenvalue weighted by molar-refractivity contribution is 7.15. The van der Waals surface area contributed by atoms with Gasteiger partial charge in [0.15, 0.2) is 5.82 Å². The highest BCUT2D eigenvalue weighted by Gasteiger charge is 2.17. The molecule has 0 saturated carbocycles. The van der Waals surface area contributed by atoms with E-state index in [2.05, 4.69) is 36.3 Å². The van der Waals surface area contributed by atoms with E-state index in [9.17, 15) is 14.4 Å². The fourth-order valence-corrected chi connectivity index (χ4v) is 5.02. The summed E-state index contributed by atoms with van der Waals surface area (Å²) in [6, 6.07) is 20.7. The Labute approximate surface area is 254 Å². The standard InChI is InChI=1S/C31H35N7O4S/c1-3-42-31(41)32-20-23-11-9-10-22(18-23)19-27(39)33-26-17-16-25(35-36-26)14-7-8-15-28-37-38-30(43-28)34-29(40)21(2)24-12-5-4-6-13-24/h4-6,9-13,16-18,21H,3,7-8,14-15,19-20H2,1-2H3,(H,32,41)(H,33,36,39)(H,34,38,40). The van der Waals surface area contributed by atoms with Crippen LogP contribution in [-0.4, -0.2) is 44.9 Å². The Kier molecular flexibility index (Phi) is 11.7. The van der Waals surface area contributed by atoms with Crippen LogP contribution in [0.5, 0.6) is 0 Å². The lowest BCUT2D eigenvalue weighted by Gasteiger charge is -2.10. The van der Waals surface area contributed by atoms with Gasteiger partial charge in [0.1, 0.15) is 5.01 Å². The maximum Gasteiger partial charge on any atom is 0.407 e. The van der Waals surface area contributed by atoms with Gasteiger partial charge in [0.25, 0.3) is 0 Å². The van der Waals surface area contributed by atoms with Gasteiger partial charge in [-0.3, -0.25) is 9.59 Å². The minimum absolute atomic E-state index is 0.110. The predicted octanol–water partition coefficient (Wildman–Crippen LogP) is 5.06. The van der Waals surface area contributed by atoms with Crippen molar-refractivity contribution in [3.63, 3.8) is 0 Å². The van der Waals surface area contributed by atoms with Crippen LogP contribution in [0.25, 0.3) is 0 Å². The minimum Gasteiger partial charge on any atom is -0.450 e.